The van der Waals surface area contributed by atoms with Gasteiger partial charge in [0.05, 0.1) is 0 Å². The lowest BCUT2D eigenvalue weighted by molar-refractivity contribution is -0.274. The molecule has 0 fully saturated rings. The third kappa shape index (κ3) is 6.78. The molecule has 27 heavy (non-hydrogen) atoms. The van der Waals surface area contributed by atoms with E-state index in [1.165, 1.54) is 36.4 Å². The Labute approximate surface area is 154 Å². The first-order valence-corrected chi connectivity index (χ1v) is 8.31. The number of ether oxygens (including phenoxy) is 1. The molecule has 0 radical (unpaired) electrons. The first-order chi connectivity index (χ1) is 12.8. The second-order valence-electron chi connectivity index (χ2n) is 5.72. The van der Waals surface area contributed by atoms with Crippen LogP contribution < -0.4 is 4.74 Å². The Morgan fingerprint density at radius 2 is 1.41 bits per heavy atom. The average Bonchev–Trinajstić information content (AvgIpc) is 2.64. The van der Waals surface area contributed by atoms with Gasteiger partial charge in [-0.1, -0.05) is 37.3 Å². The molecule has 0 aliphatic rings. The van der Waals surface area contributed by atoms with Crippen molar-refractivity contribution in [1.29, 1.82) is 0 Å². The fraction of sp³-hybridized carbons (Fsp3) is 0.238. The number of halogens is 5. The molecule has 0 N–H and O–H groups in total. The number of unbranched alkanes of at least 4 members (excludes halogenated alkanes) is 1. The first-order valence-electron chi connectivity index (χ1n) is 8.31. The van der Waals surface area contributed by atoms with Crippen LogP contribution in [0.5, 0.6) is 5.75 Å². The van der Waals surface area contributed by atoms with Gasteiger partial charge < -0.3 is 4.74 Å². The van der Waals surface area contributed by atoms with Gasteiger partial charge in [-0.25, -0.2) is 8.78 Å². The number of allylic oxidation sites excluding steroid dienone is 1. The number of benzene rings is 2. The Balaban J connectivity index is 2.07. The molecule has 2 aromatic rings. The molecule has 1 nitrogen and oxygen atoms in total. The third-order valence-corrected chi connectivity index (χ3v) is 3.57. The molecule has 0 unspecified atom stereocenters. The molecule has 0 aliphatic carbocycles. The van der Waals surface area contributed by atoms with E-state index in [0.29, 0.717) is 17.5 Å². The number of rotatable bonds is 5. The smallest absolute Gasteiger partial charge is 0.406 e. The monoisotopic (exact) mass is 380 g/mol. The van der Waals surface area contributed by atoms with Crippen molar-refractivity contribution in [3.63, 3.8) is 0 Å². The van der Waals surface area contributed by atoms with Gasteiger partial charge in [-0.2, -0.15) is 0 Å². The van der Waals surface area contributed by atoms with Gasteiger partial charge in [0.2, 0.25) is 0 Å². The third-order valence-electron chi connectivity index (χ3n) is 3.57. The van der Waals surface area contributed by atoms with Crippen molar-refractivity contribution in [2.24, 2.45) is 0 Å². The molecule has 0 heterocycles. The minimum absolute atomic E-state index is 0.0674. The summed E-state index contributed by atoms with van der Waals surface area (Å²) in [5.41, 5.74) is 1.20. The second-order valence-corrected chi connectivity index (χ2v) is 5.72. The van der Waals surface area contributed by atoms with Crippen LogP contribution in [0.2, 0.25) is 0 Å². The predicted molar refractivity (Wildman–Crippen MR) is 94.2 cm³/mol. The molecule has 0 bridgehead atoms. The van der Waals surface area contributed by atoms with E-state index in [0.717, 1.165) is 6.42 Å². The van der Waals surface area contributed by atoms with E-state index in [1.807, 2.05) is 6.92 Å². The van der Waals surface area contributed by atoms with Gasteiger partial charge in [0.25, 0.3) is 0 Å². The molecule has 0 atom stereocenters. The van der Waals surface area contributed by atoms with Crippen molar-refractivity contribution in [1.82, 2.24) is 0 Å². The van der Waals surface area contributed by atoms with Crippen LogP contribution in [-0.4, -0.2) is 6.36 Å². The van der Waals surface area contributed by atoms with Gasteiger partial charge in [-0.15, -0.1) is 13.2 Å². The molecule has 0 aliphatic heterocycles. The van der Waals surface area contributed by atoms with Crippen molar-refractivity contribution >= 4 is 5.83 Å². The number of hydrogen-bond acceptors (Lipinski definition) is 1. The van der Waals surface area contributed by atoms with E-state index in [1.54, 1.807) is 12.1 Å². The van der Waals surface area contributed by atoms with E-state index >= 15 is 0 Å². The Hall–Kier alpha value is -2.81. The molecule has 142 valence electrons. The van der Waals surface area contributed by atoms with Crippen LogP contribution in [0.1, 0.15) is 42.9 Å². The minimum Gasteiger partial charge on any atom is -0.406 e. The van der Waals surface area contributed by atoms with Crippen molar-refractivity contribution in [3.05, 3.63) is 71.0 Å². The summed E-state index contributed by atoms with van der Waals surface area (Å²) in [6, 6.07) is 11.1. The van der Waals surface area contributed by atoms with Crippen LogP contribution in [0.3, 0.4) is 0 Å². The van der Waals surface area contributed by atoms with Crippen LogP contribution in [0.25, 0.3) is 5.83 Å². The van der Waals surface area contributed by atoms with Crippen LogP contribution in [0.15, 0.2) is 54.4 Å². The summed E-state index contributed by atoms with van der Waals surface area (Å²) in [7, 11) is 0. The summed E-state index contributed by atoms with van der Waals surface area (Å²) < 4.78 is 67.7. The summed E-state index contributed by atoms with van der Waals surface area (Å²) in [5.74, 6) is 3.63. The van der Waals surface area contributed by atoms with Gasteiger partial charge in [-0.3, -0.25) is 0 Å². The zero-order valence-electron chi connectivity index (χ0n) is 14.5. The summed E-state index contributed by atoms with van der Waals surface area (Å²) >= 11 is 0. The van der Waals surface area contributed by atoms with E-state index < -0.39 is 18.0 Å². The van der Waals surface area contributed by atoms with Gasteiger partial charge in [0, 0.05) is 23.1 Å². The van der Waals surface area contributed by atoms with Crippen LogP contribution in [0.4, 0.5) is 22.0 Å². The lowest BCUT2D eigenvalue weighted by Crippen LogP contribution is -2.16. The minimum atomic E-state index is -4.74. The number of hydrogen-bond donors (Lipinski definition) is 0. The Morgan fingerprint density at radius 1 is 0.889 bits per heavy atom. The SMILES string of the molecule is CCCC/C(F)=C(/F)c1ccc(C#Cc2ccc(OC(F)(F)F)cc2)cc1. The number of alkyl halides is 3. The van der Waals surface area contributed by atoms with Gasteiger partial charge >= 0.3 is 6.36 Å². The lowest BCUT2D eigenvalue weighted by Gasteiger charge is -2.07. The van der Waals surface area contributed by atoms with Crippen LogP contribution in [0, 0.1) is 11.8 Å². The summed E-state index contributed by atoms with van der Waals surface area (Å²) in [6.45, 7) is 1.90. The largest absolute Gasteiger partial charge is 0.573 e. The van der Waals surface area contributed by atoms with Gasteiger partial charge in [0.1, 0.15) is 11.6 Å². The highest BCUT2D eigenvalue weighted by molar-refractivity contribution is 5.62. The molecule has 2 aromatic carbocycles. The predicted octanol–water partition coefficient (Wildman–Crippen LogP) is 6.78. The molecule has 0 spiro atoms. The molecular formula is C21H17F5O. The van der Waals surface area contributed by atoms with Gasteiger partial charge in [-0.05, 0) is 42.8 Å². The lowest BCUT2D eigenvalue weighted by atomic mass is 10.1. The summed E-state index contributed by atoms with van der Waals surface area (Å²) in [5, 5.41) is 0. The normalized spacial score (nSPS) is 12.1. The van der Waals surface area contributed by atoms with E-state index in [9.17, 15) is 22.0 Å². The molecule has 0 saturated heterocycles. The van der Waals surface area contributed by atoms with Crippen molar-refractivity contribution in [2.45, 2.75) is 32.5 Å². The molecule has 0 saturated carbocycles. The maximum atomic E-state index is 14.0. The molecular weight excluding hydrogens is 363 g/mol. The van der Waals surface area contributed by atoms with Crippen molar-refractivity contribution in [3.8, 4) is 17.6 Å². The van der Waals surface area contributed by atoms with Gasteiger partial charge in [0.15, 0.2) is 5.83 Å². The van der Waals surface area contributed by atoms with Crippen LogP contribution >= 0.6 is 0 Å². The Bertz CT molecular complexity index is 837. The maximum absolute atomic E-state index is 14.0. The standard InChI is InChI=1S/C21H17F5O/c1-2-3-4-19(22)20(23)17-11-7-15(8-12-17)5-6-16-9-13-18(14-10-16)27-21(24,25)26/h7-14H,2-4H2,1H3/b20-19-. The molecule has 6 heteroatoms. The quantitative estimate of drug-likeness (QED) is 0.410. The fourth-order valence-electron chi connectivity index (χ4n) is 2.18. The zero-order chi connectivity index (χ0) is 19.9. The first kappa shape index (κ1) is 20.5. The van der Waals surface area contributed by atoms with E-state index in [4.69, 9.17) is 0 Å². The zero-order valence-corrected chi connectivity index (χ0v) is 14.5. The highest BCUT2D eigenvalue weighted by Crippen LogP contribution is 2.25. The molecule has 2 rings (SSSR count). The molecule has 0 amide bonds. The Morgan fingerprint density at radius 3 is 1.89 bits per heavy atom. The highest BCUT2D eigenvalue weighted by Gasteiger charge is 2.30. The van der Waals surface area contributed by atoms with E-state index in [2.05, 4.69) is 16.6 Å². The average molecular weight is 380 g/mol. The topological polar surface area (TPSA) is 9.23 Å². The molecule has 0 aromatic heterocycles. The van der Waals surface area contributed by atoms with Crippen molar-refractivity contribution in [2.75, 3.05) is 0 Å². The Kier molecular flexibility index (Phi) is 7.00. The fourth-order valence-corrected chi connectivity index (χ4v) is 2.18. The maximum Gasteiger partial charge on any atom is 0.573 e. The second kappa shape index (κ2) is 9.22. The summed E-state index contributed by atoms with van der Waals surface area (Å²) in [4.78, 5) is 0. The summed E-state index contributed by atoms with van der Waals surface area (Å²) in [6.07, 6.45) is -3.32. The van der Waals surface area contributed by atoms with Crippen molar-refractivity contribution < 1.29 is 26.7 Å². The highest BCUT2D eigenvalue weighted by atomic mass is 19.4. The van der Waals surface area contributed by atoms with Crippen LogP contribution in [-0.2, 0) is 0 Å². The van der Waals surface area contributed by atoms with E-state index in [-0.39, 0.29) is 17.7 Å².